The summed E-state index contributed by atoms with van der Waals surface area (Å²) in [5.74, 6) is -0.309. The molecule has 1 heterocycles. The Kier molecular flexibility index (Phi) is 4.18. The lowest BCUT2D eigenvalue weighted by molar-refractivity contribution is -0.142. The van der Waals surface area contributed by atoms with Crippen molar-refractivity contribution in [2.24, 2.45) is 5.16 Å². The van der Waals surface area contributed by atoms with E-state index in [0.29, 0.717) is 24.3 Å². The minimum Gasteiger partial charge on any atom is -0.466 e. The maximum Gasteiger partial charge on any atom is 0.306 e. The van der Waals surface area contributed by atoms with Crippen molar-refractivity contribution in [1.82, 2.24) is 0 Å². The Balaban J connectivity index is 2.16. The van der Waals surface area contributed by atoms with Gasteiger partial charge in [-0.25, -0.2) is 0 Å². The molecule has 5 nitrogen and oxygen atoms in total. The third-order valence-electron chi connectivity index (χ3n) is 2.78. The fourth-order valence-corrected chi connectivity index (χ4v) is 1.89. The molecule has 0 unspecified atom stereocenters. The molecule has 0 amide bonds. The normalized spacial score (nSPS) is 11.7. The lowest BCUT2D eigenvalue weighted by Crippen LogP contribution is -2.08. The van der Waals surface area contributed by atoms with Crippen molar-refractivity contribution in [3.05, 3.63) is 36.1 Å². The van der Waals surface area contributed by atoms with Gasteiger partial charge in [-0.2, -0.15) is 0 Å². The van der Waals surface area contributed by atoms with Crippen molar-refractivity contribution in [2.45, 2.75) is 19.8 Å². The summed E-state index contributed by atoms with van der Waals surface area (Å²) in [7, 11) is 0. The standard InChI is InChI=1S/C14H15NO4/c1-2-18-14(16)8-7-12(15-17)11-9-19-13-6-4-3-5-10(11)13/h3-6,9,17H,2,7-8H2,1H3. The van der Waals surface area contributed by atoms with Gasteiger partial charge in [0.25, 0.3) is 0 Å². The smallest absolute Gasteiger partial charge is 0.306 e. The molecule has 0 aliphatic carbocycles. The van der Waals surface area contributed by atoms with Crippen LogP contribution in [-0.4, -0.2) is 23.5 Å². The summed E-state index contributed by atoms with van der Waals surface area (Å²) in [5.41, 5.74) is 1.83. The molecule has 0 spiro atoms. The topological polar surface area (TPSA) is 72.0 Å². The van der Waals surface area contributed by atoms with Gasteiger partial charge in [0, 0.05) is 17.4 Å². The molecule has 0 saturated carbocycles. The van der Waals surface area contributed by atoms with Crippen LogP contribution in [0.4, 0.5) is 0 Å². The number of carbonyl (C=O) groups excluding carboxylic acids is 1. The Morgan fingerprint density at radius 2 is 2.16 bits per heavy atom. The first-order valence-corrected chi connectivity index (χ1v) is 6.09. The average molecular weight is 261 g/mol. The van der Waals surface area contributed by atoms with Crippen molar-refractivity contribution in [3.8, 4) is 0 Å². The predicted molar refractivity (Wildman–Crippen MR) is 70.4 cm³/mol. The van der Waals surface area contributed by atoms with E-state index in [1.165, 1.54) is 6.26 Å². The predicted octanol–water partition coefficient (Wildman–Crippen LogP) is 2.95. The van der Waals surface area contributed by atoms with E-state index in [-0.39, 0.29) is 12.4 Å². The van der Waals surface area contributed by atoms with Crippen LogP contribution >= 0.6 is 0 Å². The van der Waals surface area contributed by atoms with Crippen molar-refractivity contribution in [2.75, 3.05) is 6.61 Å². The van der Waals surface area contributed by atoms with Crippen LogP contribution in [0.5, 0.6) is 0 Å². The minimum atomic E-state index is -0.309. The number of hydrogen-bond acceptors (Lipinski definition) is 5. The Bertz CT molecular complexity index is 600. The van der Waals surface area contributed by atoms with Crippen LogP contribution in [0.15, 0.2) is 40.1 Å². The Morgan fingerprint density at radius 1 is 1.37 bits per heavy atom. The molecule has 2 aromatic rings. The maximum absolute atomic E-state index is 11.3. The molecule has 0 bridgehead atoms. The number of esters is 1. The Morgan fingerprint density at radius 3 is 2.89 bits per heavy atom. The summed E-state index contributed by atoms with van der Waals surface area (Å²) >= 11 is 0. The van der Waals surface area contributed by atoms with Gasteiger partial charge in [0.05, 0.1) is 18.7 Å². The van der Waals surface area contributed by atoms with Gasteiger partial charge < -0.3 is 14.4 Å². The summed E-state index contributed by atoms with van der Waals surface area (Å²) in [6.07, 6.45) is 2.01. The number of para-hydroxylation sites is 1. The zero-order chi connectivity index (χ0) is 13.7. The molecule has 0 fully saturated rings. The highest BCUT2D eigenvalue weighted by Crippen LogP contribution is 2.22. The number of carbonyl (C=O) groups is 1. The van der Waals surface area contributed by atoms with Crippen LogP contribution in [0.2, 0.25) is 0 Å². The molecule has 1 aromatic heterocycles. The fourth-order valence-electron chi connectivity index (χ4n) is 1.89. The van der Waals surface area contributed by atoms with Crippen LogP contribution < -0.4 is 0 Å². The number of benzene rings is 1. The number of ether oxygens (including phenoxy) is 1. The Hall–Kier alpha value is -2.30. The molecule has 0 atom stereocenters. The molecular weight excluding hydrogens is 246 g/mol. The summed E-state index contributed by atoms with van der Waals surface area (Å²) in [6.45, 7) is 2.10. The molecule has 0 saturated heterocycles. The van der Waals surface area contributed by atoms with Crippen molar-refractivity contribution in [1.29, 1.82) is 0 Å². The third kappa shape index (κ3) is 2.93. The van der Waals surface area contributed by atoms with Gasteiger partial charge >= 0.3 is 5.97 Å². The molecule has 19 heavy (non-hydrogen) atoms. The highest BCUT2D eigenvalue weighted by molar-refractivity contribution is 6.10. The first-order chi connectivity index (χ1) is 9.26. The summed E-state index contributed by atoms with van der Waals surface area (Å²) in [6, 6.07) is 7.45. The lowest BCUT2D eigenvalue weighted by Gasteiger charge is -2.03. The minimum absolute atomic E-state index is 0.173. The van der Waals surface area contributed by atoms with Crippen LogP contribution in [0, 0.1) is 0 Å². The monoisotopic (exact) mass is 261 g/mol. The highest BCUT2D eigenvalue weighted by atomic mass is 16.5. The van der Waals surface area contributed by atoms with Crippen molar-refractivity contribution in [3.63, 3.8) is 0 Å². The van der Waals surface area contributed by atoms with Crippen LogP contribution in [0.25, 0.3) is 11.0 Å². The van der Waals surface area contributed by atoms with Crippen LogP contribution in [0.1, 0.15) is 25.3 Å². The van der Waals surface area contributed by atoms with E-state index in [9.17, 15) is 4.79 Å². The number of furan rings is 1. The quantitative estimate of drug-likeness (QED) is 0.389. The molecule has 1 N–H and O–H groups in total. The van der Waals surface area contributed by atoms with Crippen molar-refractivity contribution < 1.29 is 19.2 Å². The van der Waals surface area contributed by atoms with Gasteiger partial charge in [-0.1, -0.05) is 23.4 Å². The zero-order valence-corrected chi connectivity index (χ0v) is 10.6. The fraction of sp³-hybridized carbons (Fsp3) is 0.286. The van der Waals surface area contributed by atoms with Gasteiger partial charge in [0.1, 0.15) is 11.8 Å². The van der Waals surface area contributed by atoms with Gasteiger partial charge in [0.15, 0.2) is 0 Å². The number of nitrogens with zero attached hydrogens (tertiary/aromatic N) is 1. The van der Waals surface area contributed by atoms with E-state index in [1.807, 2.05) is 24.3 Å². The highest BCUT2D eigenvalue weighted by Gasteiger charge is 2.14. The first kappa shape index (κ1) is 13.1. The molecular formula is C14H15NO4. The molecule has 5 heteroatoms. The van der Waals surface area contributed by atoms with Gasteiger partial charge in [-0.15, -0.1) is 0 Å². The van der Waals surface area contributed by atoms with Crippen LogP contribution in [-0.2, 0) is 9.53 Å². The van der Waals surface area contributed by atoms with Crippen LogP contribution in [0.3, 0.4) is 0 Å². The summed E-state index contributed by atoms with van der Waals surface area (Å²) in [5, 5.41) is 13.2. The Labute approximate surface area is 110 Å². The maximum atomic E-state index is 11.3. The van der Waals surface area contributed by atoms with Gasteiger partial charge in [0.2, 0.25) is 0 Å². The van der Waals surface area contributed by atoms with E-state index in [0.717, 1.165) is 11.0 Å². The second-order valence-corrected chi connectivity index (χ2v) is 4.00. The van der Waals surface area contributed by atoms with E-state index in [2.05, 4.69) is 5.16 Å². The van der Waals surface area contributed by atoms with Gasteiger partial charge in [-0.3, -0.25) is 4.79 Å². The third-order valence-corrected chi connectivity index (χ3v) is 2.78. The number of rotatable bonds is 5. The largest absolute Gasteiger partial charge is 0.466 e. The van der Waals surface area contributed by atoms with E-state index >= 15 is 0 Å². The second-order valence-electron chi connectivity index (χ2n) is 4.00. The lowest BCUT2D eigenvalue weighted by atomic mass is 10.0. The SMILES string of the molecule is CCOC(=O)CCC(=NO)c1coc2ccccc12. The average Bonchev–Trinajstić information content (AvgIpc) is 2.84. The molecule has 1 aromatic carbocycles. The molecule has 0 aliphatic heterocycles. The number of hydrogen-bond donors (Lipinski definition) is 1. The molecule has 0 radical (unpaired) electrons. The van der Waals surface area contributed by atoms with Crippen molar-refractivity contribution >= 4 is 22.7 Å². The van der Waals surface area contributed by atoms with E-state index < -0.39 is 0 Å². The molecule has 100 valence electrons. The zero-order valence-electron chi connectivity index (χ0n) is 10.6. The van der Waals surface area contributed by atoms with E-state index in [1.54, 1.807) is 6.92 Å². The van der Waals surface area contributed by atoms with Gasteiger partial charge in [-0.05, 0) is 13.0 Å². The number of fused-ring (bicyclic) bond motifs is 1. The summed E-state index contributed by atoms with van der Waals surface area (Å²) < 4.78 is 10.2. The summed E-state index contributed by atoms with van der Waals surface area (Å²) in [4.78, 5) is 11.3. The molecule has 2 rings (SSSR count). The number of oxime groups is 1. The second kappa shape index (κ2) is 6.04. The molecule has 0 aliphatic rings. The van der Waals surface area contributed by atoms with E-state index in [4.69, 9.17) is 14.4 Å². The first-order valence-electron chi connectivity index (χ1n) is 6.09.